The van der Waals surface area contributed by atoms with Crippen LogP contribution in [0, 0.1) is 0 Å². The van der Waals surface area contributed by atoms with Crippen LogP contribution in [0.2, 0.25) is 5.02 Å². The second-order valence-corrected chi connectivity index (χ2v) is 7.27. The highest BCUT2D eigenvalue weighted by Gasteiger charge is 2.33. The molecule has 0 saturated heterocycles. The Balaban J connectivity index is 1.59. The maximum absolute atomic E-state index is 12.9. The van der Waals surface area contributed by atoms with E-state index in [1.165, 1.54) is 29.4 Å². The number of alkyl halides is 3. The summed E-state index contributed by atoms with van der Waals surface area (Å²) in [4.78, 5) is 30.6. The number of halogens is 4. The Morgan fingerprint density at radius 1 is 1.36 bits per heavy atom. The maximum Gasteiger partial charge on any atom is 0.417 e. The van der Waals surface area contributed by atoms with Crippen LogP contribution in [0.1, 0.15) is 11.3 Å². The average Bonchev–Trinajstić information content (AvgIpc) is 3.16. The molecule has 2 aromatic heterocycles. The topological polar surface area (TPSA) is 66.7 Å². The SMILES string of the molecule is CN(CC(=O)Nc1ccc(Cl)c(C(F)(F)F)c1)C(=O)Cc1cn2ccsc2n1. The Hall–Kier alpha value is -2.59. The van der Waals surface area contributed by atoms with Crippen LogP contribution in [-0.2, 0) is 22.2 Å². The van der Waals surface area contributed by atoms with Crippen molar-refractivity contribution in [3.63, 3.8) is 0 Å². The number of rotatable bonds is 5. The largest absolute Gasteiger partial charge is 0.417 e. The van der Waals surface area contributed by atoms with Gasteiger partial charge in [-0.3, -0.25) is 14.0 Å². The van der Waals surface area contributed by atoms with E-state index in [0.717, 1.165) is 17.1 Å². The van der Waals surface area contributed by atoms with Crippen molar-refractivity contribution >= 4 is 45.4 Å². The third-order valence-corrected chi connectivity index (χ3v) is 4.94. The summed E-state index contributed by atoms with van der Waals surface area (Å²) >= 11 is 6.98. The number of likely N-dealkylation sites (N-methyl/N-ethyl adjacent to an activating group) is 1. The van der Waals surface area contributed by atoms with Crippen molar-refractivity contribution in [2.24, 2.45) is 0 Å². The molecule has 0 aliphatic rings. The summed E-state index contributed by atoms with van der Waals surface area (Å²) in [5.74, 6) is -0.967. The van der Waals surface area contributed by atoms with Gasteiger partial charge in [0.2, 0.25) is 11.8 Å². The van der Waals surface area contributed by atoms with Gasteiger partial charge in [-0.2, -0.15) is 13.2 Å². The molecule has 0 saturated carbocycles. The molecule has 0 bridgehead atoms. The maximum atomic E-state index is 12.9. The lowest BCUT2D eigenvalue weighted by molar-refractivity contribution is -0.137. The zero-order chi connectivity index (χ0) is 20.5. The van der Waals surface area contributed by atoms with Gasteiger partial charge in [0.15, 0.2) is 4.96 Å². The molecule has 0 atom stereocenters. The zero-order valence-electron chi connectivity index (χ0n) is 14.5. The number of hydrogen-bond donors (Lipinski definition) is 1. The minimum atomic E-state index is -4.64. The molecule has 1 aromatic carbocycles. The van der Waals surface area contributed by atoms with Crippen molar-refractivity contribution in [2.75, 3.05) is 18.9 Å². The Bertz CT molecular complexity index is 1000. The second kappa shape index (κ2) is 7.80. The van der Waals surface area contributed by atoms with Crippen LogP contribution in [0.15, 0.2) is 36.0 Å². The van der Waals surface area contributed by atoms with E-state index in [1.807, 2.05) is 11.6 Å². The third-order valence-electron chi connectivity index (χ3n) is 3.84. The number of benzene rings is 1. The van der Waals surface area contributed by atoms with Crippen LogP contribution in [0.5, 0.6) is 0 Å². The fourth-order valence-corrected chi connectivity index (χ4v) is 3.42. The number of nitrogens with one attached hydrogen (secondary N) is 1. The molecule has 0 radical (unpaired) electrons. The normalized spacial score (nSPS) is 11.6. The van der Waals surface area contributed by atoms with Gasteiger partial charge in [-0.25, -0.2) is 4.98 Å². The van der Waals surface area contributed by atoms with Gasteiger partial charge in [-0.15, -0.1) is 11.3 Å². The molecule has 3 rings (SSSR count). The van der Waals surface area contributed by atoms with Crippen molar-refractivity contribution in [3.05, 3.63) is 52.3 Å². The lowest BCUT2D eigenvalue weighted by atomic mass is 10.2. The lowest BCUT2D eigenvalue weighted by Gasteiger charge is -2.17. The summed E-state index contributed by atoms with van der Waals surface area (Å²) in [5.41, 5.74) is -0.537. The first-order valence-corrected chi connectivity index (χ1v) is 9.21. The molecule has 28 heavy (non-hydrogen) atoms. The molecule has 1 N–H and O–H groups in total. The van der Waals surface area contributed by atoms with Crippen molar-refractivity contribution in [1.82, 2.24) is 14.3 Å². The third kappa shape index (κ3) is 4.63. The van der Waals surface area contributed by atoms with Crippen LogP contribution in [0.4, 0.5) is 18.9 Å². The molecule has 2 amide bonds. The van der Waals surface area contributed by atoms with E-state index in [1.54, 1.807) is 10.6 Å². The minimum Gasteiger partial charge on any atom is -0.336 e. The Kier molecular flexibility index (Phi) is 5.61. The predicted molar refractivity (Wildman–Crippen MR) is 99.5 cm³/mol. The van der Waals surface area contributed by atoms with E-state index in [-0.39, 0.29) is 24.6 Å². The first kappa shape index (κ1) is 20.2. The van der Waals surface area contributed by atoms with Gasteiger partial charge >= 0.3 is 6.18 Å². The van der Waals surface area contributed by atoms with Gasteiger partial charge in [-0.05, 0) is 18.2 Å². The second-order valence-electron chi connectivity index (χ2n) is 5.99. The molecule has 3 aromatic rings. The summed E-state index contributed by atoms with van der Waals surface area (Å²) in [6, 6.07) is 3.06. The molecule has 6 nitrogen and oxygen atoms in total. The summed E-state index contributed by atoms with van der Waals surface area (Å²) in [5, 5.41) is 3.75. The van der Waals surface area contributed by atoms with Gasteiger partial charge in [0.25, 0.3) is 0 Å². The number of nitrogens with zero attached hydrogens (tertiary/aromatic N) is 3. The zero-order valence-corrected chi connectivity index (χ0v) is 16.0. The molecule has 0 aliphatic carbocycles. The standard InChI is InChI=1S/C17H14ClF3N4O2S/c1-24(15(27)7-11-8-25-4-5-28-16(25)23-11)9-14(26)22-10-2-3-13(18)12(6-10)17(19,20)21/h2-6,8H,7,9H2,1H3,(H,22,26). The first-order chi connectivity index (χ1) is 13.1. The van der Waals surface area contributed by atoms with Crippen molar-refractivity contribution in [2.45, 2.75) is 12.6 Å². The molecule has 0 spiro atoms. The van der Waals surface area contributed by atoms with Crippen LogP contribution >= 0.6 is 22.9 Å². The van der Waals surface area contributed by atoms with Crippen LogP contribution in [-0.4, -0.2) is 39.7 Å². The lowest BCUT2D eigenvalue weighted by Crippen LogP contribution is -2.35. The highest BCUT2D eigenvalue weighted by molar-refractivity contribution is 7.15. The number of amides is 2. The number of hydrogen-bond acceptors (Lipinski definition) is 4. The minimum absolute atomic E-state index is 0.0113. The number of fused-ring (bicyclic) bond motifs is 1. The van der Waals surface area contributed by atoms with E-state index >= 15 is 0 Å². The summed E-state index contributed by atoms with van der Waals surface area (Å²) in [6.45, 7) is -0.314. The Labute approximate surface area is 166 Å². The quantitative estimate of drug-likeness (QED) is 0.671. The first-order valence-electron chi connectivity index (χ1n) is 7.95. The van der Waals surface area contributed by atoms with E-state index in [0.29, 0.717) is 5.69 Å². The summed E-state index contributed by atoms with van der Waals surface area (Å²) < 4.78 is 40.4. The molecular formula is C17H14ClF3N4O2S. The number of aromatic nitrogens is 2. The highest BCUT2D eigenvalue weighted by atomic mass is 35.5. The van der Waals surface area contributed by atoms with E-state index in [9.17, 15) is 22.8 Å². The van der Waals surface area contributed by atoms with E-state index < -0.39 is 22.7 Å². The summed E-state index contributed by atoms with van der Waals surface area (Å²) in [7, 11) is 1.43. The molecule has 0 unspecified atom stereocenters. The molecule has 0 aliphatic heterocycles. The average molecular weight is 431 g/mol. The van der Waals surface area contributed by atoms with Crippen LogP contribution in [0.3, 0.4) is 0 Å². The van der Waals surface area contributed by atoms with Gasteiger partial charge < -0.3 is 10.2 Å². The number of thiazole rings is 1. The van der Waals surface area contributed by atoms with E-state index in [2.05, 4.69) is 10.3 Å². The fraction of sp³-hybridized carbons (Fsp3) is 0.235. The molecule has 0 fully saturated rings. The van der Waals surface area contributed by atoms with Gasteiger partial charge in [0.05, 0.1) is 29.2 Å². The number of imidazole rings is 1. The molecule has 2 heterocycles. The summed E-state index contributed by atoms with van der Waals surface area (Å²) in [6.07, 6.45) is -1.08. The van der Waals surface area contributed by atoms with Gasteiger partial charge in [-0.1, -0.05) is 11.6 Å². The number of carbonyl (C=O) groups is 2. The van der Waals surface area contributed by atoms with E-state index in [4.69, 9.17) is 11.6 Å². The number of anilines is 1. The highest BCUT2D eigenvalue weighted by Crippen LogP contribution is 2.36. The number of carbonyl (C=O) groups excluding carboxylic acids is 2. The van der Waals surface area contributed by atoms with Crippen molar-refractivity contribution < 1.29 is 22.8 Å². The van der Waals surface area contributed by atoms with Crippen molar-refractivity contribution in [3.8, 4) is 0 Å². The molecular weight excluding hydrogens is 417 g/mol. The molecule has 11 heteroatoms. The van der Waals surface area contributed by atoms with Crippen LogP contribution < -0.4 is 5.32 Å². The smallest absolute Gasteiger partial charge is 0.336 e. The molecule has 148 valence electrons. The fourth-order valence-electron chi connectivity index (χ4n) is 2.48. The van der Waals surface area contributed by atoms with Crippen LogP contribution in [0.25, 0.3) is 4.96 Å². The Morgan fingerprint density at radius 2 is 2.11 bits per heavy atom. The monoisotopic (exact) mass is 430 g/mol. The van der Waals surface area contributed by atoms with Crippen molar-refractivity contribution in [1.29, 1.82) is 0 Å². The predicted octanol–water partition coefficient (Wildman–Crippen LogP) is 3.71. The van der Waals surface area contributed by atoms with Gasteiger partial charge in [0.1, 0.15) is 0 Å². The Morgan fingerprint density at radius 3 is 2.79 bits per heavy atom. The van der Waals surface area contributed by atoms with Gasteiger partial charge in [0, 0.05) is 30.5 Å².